The van der Waals surface area contributed by atoms with Gasteiger partial charge in [-0.05, 0) is 95.1 Å². The molecule has 0 saturated heterocycles. The molecule has 0 bridgehead atoms. The molecule has 4 atom stereocenters. The maximum Gasteiger partial charge on any atom is 0.456 e. The summed E-state index contributed by atoms with van der Waals surface area (Å²) in [6, 6.07) is 37.8. The molecule has 7 aromatic rings. The summed E-state index contributed by atoms with van der Waals surface area (Å²) < 4.78 is 141. The summed E-state index contributed by atoms with van der Waals surface area (Å²) in [5.74, 6) is -12.8. The van der Waals surface area contributed by atoms with Crippen molar-refractivity contribution in [3.05, 3.63) is 182 Å². The van der Waals surface area contributed by atoms with Crippen LogP contribution in [0.4, 0.5) is 43.9 Å². The highest BCUT2D eigenvalue weighted by Gasteiger charge is 2.59. The highest BCUT2D eigenvalue weighted by Crippen LogP contribution is 2.36. The number of carbonyl (C=O) groups excluding carboxylic acids is 4. The van der Waals surface area contributed by atoms with Crippen LogP contribution in [0.5, 0.6) is 11.6 Å². The fourth-order valence-electron chi connectivity index (χ4n) is 8.06. The van der Waals surface area contributed by atoms with Gasteiger partial charge in [-0.3, -0.25) is 24.2 Å². The van der Waals surface area contributed by atoms with E-state index in [0.717, 1.165) is 49.9 Å². The molecule has 0 aliphatic carbocycles. The van der Waals surface area contributed by atoms with E-state index in [1.807, 2.05) is 78.9 Å². The van der Waals surface area contributed by atoms with Gasteiger partial charge in [0.15, 0.2) is 24.5 Å². The third-order valence-electron chi connectivity index (χ3n) is 12.9. The van der Waals surface area contributed by atoms with Gasteiger partial charge in [-0.15, -0.1) is 0 Å². The first kappa shape index (κ1) is 72.3. The summed E-state index contributed by atoms with van der Waals surface area (Å²) in [6.45, 7) is -2.41. The Labute approximate surface area is 517 Å². The van der Waals surface area contributed by atoms with Crippen LogP contribution >= 0.6 is 23.2 Å². The average Bonchev–Trinajstić information content (AvgIpc) is 1.54. The number of carbonyl (C=O) groups is 4. The number of H-pyrrole nitrogens is 1. The van der Waals surface area contributed by atoms with E-state index >= 15 is 0 Å². The van der Waals surface area contributed by atoms with Crippen LogP contribution in [0.25, 0.3) is 22.3 Å². The van der Waals surface area contributed by atoms with Crippen molar-refractivity contribution >= 4 is 47.0 Å². The lowest BCUT2D eigenvalue weighted by Crippen LogP contribution is -2.44. The molecule has 0 aliphatic heterocycles. The molecule has 18 nitrogen and oxygen atoms in total. The van der Waals surface area contributed by atoms with Crippen molar-refractivity contribution < 1.29 is 97.3 Å². The number of aryl methyl sites for hydroxylation is 2. The molecule has 5 aromatic carbocycles. The predicted molar refractivity (Wildman–Crippen MR) is 308 cm³/mol. The van der Waals surface area contributed by atoms with Gasteiger partial charge in [-0.2, -0.15) is 49.0 Å². The number of ether oxygens (including phenoxy) is 4. The van der Waals surface area contributed by atoms with E-state index in [-0.39, 0.29) is 37.4 Å². The van der Waals surface area contributed by atoms with E-state index in [1.165, 1.54) is 11.7 Å². The van der Waals surface area contributed by atoms with Crippen molar-refractivity contribution in [3.8, 4) is 33.9 Å². The lowest BCUT2D eigenvalue weighted by Gasteiger charge is -2.23. The van der Waals surface area contributed by atoms with E-state index in [0.29, 0.717) is 27.9 Å². The van der Waals surface area contributed by atoms with Crippen molar-refractivity contribution in [2.24, 2.45) is 14.1 Å². The summed E-state index contributed by atoms with van der Waals surface area (Å²) in [5, 5.41) is 41.6. The number of halogens is 12. The van der Waals surface area contributed by atoms with Crippen molar-refractivity contribution in [3.63, 3.8) is 0 Å². The monoisotopic (exact) mass is 1320 g/mol. The van der Waals surface area contributed by atoms with E-state index < -0.39 is 97.4 Å². The van der Waals surface area contributed by atoms with Crippen LogP contribution in [0.15, 0.2) is 138 Å². The van der Waals surface area contributed by atoms with Gasteiger partial charge in [-0.1, -0.05) is 108 Å². The fourth-order valence-corrected chi connectivity index (χ4v) is 8.44. The Morgan fingerprint density at radius 2 is 1.09 bits per heavy atom. The Morgan fingerprint density at radius 3 is 1.50 bits per heavy atom. The van der Waals surface area contributed by atoms with Crippen LogP contribution in [0, 0.1) is 0 Å². The number of hydrogen-bond donors (Lipinski definition) is 6. The van der Waals surface area contributed by atoms with Gasteiger partial charge in [0, 0.05) is 61.2 Å². The van der Waals surface area contributed by atoms with Crippen LogP contribution in [0.1, 0.15) is 57.4 Å². The van der Waals surface area contributed by atoms with E-state index in [2.05, 4.69) is 25.6 Å². The largest absolute Gasteiger partial charge is 0.497 e. The van der Waals surface area contributed by atoms with Crippen LogP contribution in [-0.4, -0.2) is 134 Å². The average molecular weight is 1320 g/mol. The molecule has 2 amide bonds. The van der Waals surface area contributed by atoms with E-state index in [1.54, 1.807) is 69.6 Å². The first-order chi connectivity index (χ1) is 42.2. The second-order valence-corrected chi connectivity index (χ2v) is 20.7. The molecule has 2 aromatic heterocycles. The van der Waals surface area contributed by atoms with Crippen molar-refractivity contribution in [1.82, 2.24) is 30.2 Å². The van der Waals surface area contributed by atoms with Gasteiger partial charge in [0.2, 0.25) is 5.88 Å². The van der Waals surface area contributed by atoms with Crippen molar-refractivity contribution in [1.29, 1.82) is 0 Å². The predicted octanol–water partition coefficient (Wildman–Crippen LogP) is 10.0. The molecule has 30 heteroatoms. The molecule has 7 rings (SSSR count). The highest BCUT2D eigenvalue weighted by molar-refractivity contribution is 6.31. The van der Waals surface area contributed by atoms with E-state index in [4.69, 9.17) is 42.5 Å². The van der Waals surface area contributed by atoms with Gasteiger partial charge in [0.1, 0.15) is 24.7 Å². The zero-order chi connectivity index (χ0) is 66.7. The summed E-state index contributed by atoms with van der Waals surface area (Å²) in [7, 11) is 4.66. The topological polar surface area (TPSA) is 246 Å². The summed E-state index contributed by atoms with van der Waals surface area (Å²) in [6.07, 6.45) is -15.4. The minimum atomic E-state index is -5.95. The molecule has 0 unspecified atom stereocenters. The molecule has 6 N–H and O–H groups in total. The summed E-state index contributed by atoms with van der Waals surface area (Å²) in [4.78, 5) is 61.7. The number of esters is 2. The number of aliphatic hydroxyl groups excluding tert-OH is 3. The first-order valence-corrected chi connectivity index (χ1v) is 27.5. The summed E-state index contributed by atoms with van der Waals surface area (Å²) in [5.41, 5.74) is 5.59. The standard InChI is InChI=1S/C32H34ClN3O6.C25H23ClF5N3O5.C3H3F5O/c1-4-41-32(39)29(37)18-26(16-21-8-12-23(13-9-21)24-6-5-7-25(33)17-24)34-31(38)28-19-30(36(2)35-28)42-20-22-10-14-27(40-3)15-11-22;1-34-21(36)12-19(33-34)22(37)32-18(11-20(35)23(38)39-13-24(27,28)25(29,30)31)9-14-5-7-15(8-6-14)16-3-2-4-17(26)10-16;4-2(5,1-9)3(6,7)8/h5-15,17,19,26,29,37H,4,16,18,20H2,1-3H3,(H,34,38);2-8,10,12,18,20,33,35H,9,11,13H2,1H3,(H,32,37);9H,1H2/t26-,29-;18-,20-;/m11./s1. The molecule has 2 heterocycles. The van der Waals surface area contributed by atoms with Crippen LogP contribution in [0.2, 0.25) is 10.0 Å². The maximum absolute atomic E-state index is 13.2. The molecule has 0 saturated carbocycles. The number of rotatable bonds is 24. The Kier molecular flexibility index (Phi) is 26.0. The molecule has 0 fully saturated rings. The highest BCUT2D eigenvalue weighted by atomic mass is 35.5. The first-order valence-electron chi connectivity index (χ1n) is 26.8. The minimum Gasteiger partial charge on any atom is -0.497 e. The number of aromatic nitrogens is 4. The van der Waals surface area contributed by atoms with E-state index in [9.17, 15) is 78.1 Å². The lowest BCUT2D eigenvalue weighted by atomic mass is 9.97. The number of nitrogens with one attached hydrogen (secondary N) is 3. The Bertz CT molecular complexity index is 3550. The number of alkyl halides is 10. The van der Waals surface area contributed by atoms with Crippen LogP contribution in [0.3, 0.4) is 0 Å². The normalized spacial score (nSPS) is 13.0. The number of aliphatic hydroxyl groups is 3. The number of amides is 2. The third kappa shape index (κ3) is 21.7. The lowest BCUT2D eigenvalue weighted by molar-refractivity contribution is -0.294. The second kappa shape index (κ2) is 32.3. The zero-order valence-corrected chi connectivity index (χ0v) is 49.6. The fraction of sp³-hybridized carbons (Fsp3) is 0.333. The number of aromatic amines is 1. The molecule has 0 aliphatic rings. The van der Waals surface area contributed by atoms with Gasteiger partial charge < -0.3 is 44.9 Å². The van der Waals surface area contributed by atoms with Gasteiger partial charge in [-0.25, -0.2) is 14.3 Å². The number of methoxy groups -OCH3 is 1. The molecule has 486 valence electrons. The molecule has 0 spiro atoms. The zero-order valence-electron chi connectivity index (χ0n) is 48.1. The van der Waals surface area contributed by atoms with Crippen LogP contribution < -0.4 is 25.7 Å². The Balaban J connectivity index is 0.000000288. The Hall–Kier alpha value is -8.44. The SMILES string of the molecule is CCOC(=O)[C@H](O)C[C@@H](Cc1ccc(-c2cccc(Cl)c2)cc1)NC(=O)c1cc(OCc2ccc(OC)cc2)n(C)n1.Cn1[nH]c(C(=O)N[C@H](Cc2ccc(-c3cccc(Cl)c3)cc2)C[C@@H](O)C(=O)OCC(F)(F)C(F)(F)F)cc1=O.OCC(F)(F)C(F)(F)F. The Morgan fingerprint density at radius 1 is 0.622 bits per heavy atom. The molecular formula is C60H60Cl2F10N6O12. The smallest absolute Gasteiger partial charge is 0.456 e. The number of nitrogens with zero attached hydrogens (tertiary/aromatic N) is 3. The van der Waals surface area contributed by atoms with Crippen molar-refractivity contribution in [2.75, 3.05) is 26.9 Å². The summed E-state index contributed by atoms with van der Waals surface area (Å²) >= 11 is 12.2. The number of hydrogen-bond acceptors (Lipinski definition) is 13. The van der Waals surface area contributed by atoms with Gasteiger partial charge in [0.25, 0.3) is 17.4 Å². The number of benzene rings is 5. The second-order valence-electron chi connectivity index (χ2n) is 19.8. The molecule has 0 radical (unpaired) electrons. The minimum absolute atomic E-state index is 0.0156. The van der Waals surface area contributed by atoms with Crippen LogP contribution in [-0.2, 0) is 52.6 Å². The third-order valence-corrected chi connectivity index (χ3v) is 13.3. The van der Waals surface area contributed by atoms with Gasteiger partial charge in [0.05, 0.1) is 13.7 Å². The van der Waals surface area contributed by atoms with Crippen molar-refractivity contribution in [2.45, 2.75) is 87.7 Å². The molecule has 90 heavy (non-hydrogen) atoms. The quantitative estimate of drug-likeness (QED) is 0.0244. The maximum atomic E-state index is 13.2. The van der Waals surface area contributed by atoms with Gasteiger partial charge >= 0.3 is 36.1 Å². The molecular weight excluding hydrogens is 1260 g/mol.